The molecule has 78 valence electrons. The van der Waals surface area contributed by atoms with E-state index in [0.717, 1.165) is 12.8 Å². The van der Waals surface area contributed by atoms with Gasteiger partial charge >= 0.3 is 0 Å². The van der Waals surface area contributed by atoms with Crippen LogP contribution in [0.4, 0.5) is 0 Å². The van der Waals surface area contributed by atoms with Gasteiger partial charge in [-0.3, -0.25) is 0 Å². The Hall–Kier alpha value is -0.830. The van der Waals surface area contributed by atoms with Crippen LogP contribution in [0.3, 0.4) is 0 Å². The van der Waals surface area contributed by atoms with E-state index in [1.54, 1.807) is 0 Å². The van der Waals surface area contributed by atoms with Crippen LogP contribution in [0.25, 0.3) is 0 Å². The number of halogens is 1. The van der Waals surface area contributed by atoms with Crippen molar-refractivity contribution >= 4 is 24.0 Å². The molecule has 0 amide bonds. The van der Waals surface area contributed by atoms with E-state index >= 15 is 0 Å². The first-order valence-corrected chi connectivity index (χ1v) is 5.03. The molecule has 0 nitrogen and oxygen atoms in total. The van der Waals surface area contributed by atoms with Gasteiger partial charge in [0.2, 0.25) is 0 Å². The van der Waals surface area contributed by atoms with E-state index in [2.05, 4.69) is 60.7 Å². The minimum atomic E-state index is 0. The molecule has 0 heterocycles. The molecule has 0 bridgehead atoms. The van der Waals surface area contributed by atoms with E-state index in [1.807, 2.05) is 0 Å². The Morgan fingerprint density at radius 1 is 0.533 bits per heavy atom. The number of hydrogen-bond donors (Lipinski definition) is 0. The van der Waals surface area contributed by atoms with Crippen LogP contribution in [0.2, 0.25) is 0 Å². The molecule has 0 atom stereocenters. The highest BCUT2D eigenvalue weighted by molar-refractivity contribution is 14.0. The lowest BCUT2D eigenvalue weighted by atomic mass is 10.0. The molecule has 0 aliphatic heterocycles. The van der Waals surface area contributed by atoms with Crippen molar-refractivity contribution in [1.29, 1.82) is 0 Å². The van der Waals surface area contributed by atoms with Gasteiger partial charge in [-0.25, -0.2) is 0 Å². The van der Waals surface area contributed by atoms with Gasteiger partial charge in [-0.05, 0) is 24.0 Å². The van der Waals surface area contributed by atoms with Crippen LogP contribution < -0.4 is 0 Å². The molecule has 15 heavy (non-hydrogen) atoms. The van der Waals surface area contributed by atoms with Gasteiger partial charge in [-0.2, -0.15) is 0 Å². The van der Waals surface area contributed by atoms with Crippen LogP contribution in [0.1, 0.15) is 11.1 Å². The van der Waals surface area contributed by atoms with E-state index in [0.29, 0.717) is 0 Å². The topological polar surface area (TPSA) is 0 Å². The molecular weight excluding hydrogens is 295 g/mol. The van der Waals surface area contributed by atoms with E-state index in [9.17, 15) is 0 Å². The molecule has 2 aromatic rings. The standard InChI is InChI=1S/C14H14.HI/c1-3-7-13(8-4-1)11-12-14-9-5-2-6-10-14;/h1-10H,11-12H2;1H. The van der Waals surface area contributed by atoms with Crippen molar-refractivity contribution in [2.75, 3.05) is 0 Å². The summed E-state index contributed by atoms with van der Waals surface area (Å²) in [5.74, 6) is 0. The largest absolute Gasteiger partial charge is 0.107 e. The molecule has 0 aliphatic carbocycles. The van der Waals surface area contributed by atoms with Crippen molar-refractivity contribution in [3.63, 3.8) is 0 Å². The first-order chi connectivity index (χ1) is 6.95. The van der Waals surface area contributed by atoms with E-state index < -0.39 is 0 Å². The zero-order valence-corrected chi connectivity index (χ0v) is 10.9. The Morgan fingerprint density at radius 3 is 1.20 bits per heavy atom. The molecule has 0 radical (unpaired) electrons. The molecule has 2 rings (SSSR count). The maximum atomic E-state index is 2.18. The summed E-state index contributed by atoms with van der Waals surface area (Å²) < 4.78 is 0. The molecule has 2 aromatic carbocycles. The highest BCUT2D eigenvalue weighted by Gasteiger charge is 1.93. The monoisotopic (exact) mass is 310 g/mol. The van der Waals surface area contributed by atoms with Gasteiger partial charge in [0.05, 0.1) is 0 Å². The van der Waals surface area contributed by atoms with Gasteiger partial charge in [-0.1, -0.05) is 60.7 Å². The highest BCUT2D eigenvalue weighted by Crippen LogP contribution is 2.06. The normalized spacial score (nSPS) is 9.33. The van der Waals surface area contributed by atoms with Crippen LogP contribution in [-0.4, -0.2) is 0 Å². The molecule has 0 aliphatic rings. The molecule has 0 spiro atoms. The molecule has 0 saturated carbocycles. The molecule has 0 aromatic heterocycles. The van der Waals surface area contributed by atoms with Gasteiger partial charge in [0.25, 0.3) is 0 Å². The summed E-state index contributed by atoms with van der Waals surface area (Å²) in [7, 11) is 0. The molecule has 0 fully saturated rings. The zero-order valence-electron chi connectivity index (χ0n) is 8.60. The lowest BCUT2D eigenvalue weighted by Gasteiger charge is -2.01. The molecule has 1 heteroatoms. The fourth-order valence-electron chi connectivity index (χ4n) is 1.58. The summed E-state index contributed by atoms with van der Waals surface area (Å²) in [6.07, 6.45) is 2.26. The van der Waals surface area contributed by atoms with E-state index in [1.165, 1.54) is 11.1 Å². The lowest BCUT2D eigenvalue weighted by molar-refractivity contribution is 0.960. The van der Waals surface area contributed by atoms with Crippen molar-refractivity contribution in [2.24, 2.45) is 0 Å². The molecular formula is C14H15I. The van der Waals surface area contributed by atoms with Crippen molar-refractivity contribution in [1.82, 2.24) is 0 Å². The number of aryl methyl sites for hydroxylation is 2. The maximum Gasteiger partial charge on any atom is -0.0238 e. The van der Waals surface area contributed by atoms with Crippen molar-refractivity contribution in [3.8, 4) is 0 Å². The predicted octanol–water partition coefficient (Wildman–Crippen LogP) is 4.09. The number of hydrogen-bond acceptors (Lipinski definition) is 0. The number of benzene rings is 2. The van der Waals surface area contributed by atoms with Crippen molar-refractivity contribution in [2.45, 2.75) is 12.8 Å². The summed E-state index contributed by atoms with van der Waals surface area (Å²) in [5, 5.41) is 0. The highest BCUT2D eigenvalue weighted by atomic mass is 127. The molecule has 0 unspecified atom stereocenters. The van der Waals surface area contributed by atoms with Crippen LogP contribution >= 0.6 is 24.0 Å². The molecule has 0 N–H and O–H groups in total. The second kappa shape index (κ2) is 6.62. The third-order valence-corrected chi connectivity index (χ3v) is 2.39. The second-order valence-electron chi connectivity index (χ2n) is 3.47. The van der Waals surface area contributed by atoms with Crippen LogP contribution in [0.5, 0.6) is 0 Å². The predicted molar refractivity (Wildman–Crippen MR) is 75.7 cm³/mol. The van der Waals surface area contributed by atoms with Crippen LogP contribution in [0.15, 0.2) is 60.7 Å². The Balaban J connectivity index is 0.00000112. The van der Waals surface area contributed by atoms with Crippen LogP contribution in [-0.2, 0) is 12.8 Å². The zero-order chi connectivity index (χ0) is 9.64. The SMILES string of the molecule is I.c1ccc(CCc2ccccc2)cc1. The third-order valence-electron chi connectivity index (χ3n) is 2.39. The average Bonchev–Trinajstić information content (AvgIpc) is 2.29. The summed E-state index contributed by atoms with van der Waals surface area (Å²) in [5.41, 5.74) is 2.83. The minimum Gasteiger partial charge on any atom is -0.107 e. The molecule has 0 saturated heterocycles. The van der Waals surface area contributed by atoms with Gasteiger partial charge in [-0.15, -0.1) is 24.0 Å². The summed E-state index contributed by atoms with van der Waals surface area (Å²) >= 11 is 0. The van der Waals surface area contributed by atoms with Gasteiger partial charge in [0.15, 0.2) is 0 Å². The quantitative estimate of drug-likeness (QED) is 0.749. The summed E-state index contributed by atoms with van der Waals surface area (Å²) in [6, 6.07) is 21.2. The Bertz CT molecular complexity index is 328. The van der Waals surface area contributed by atoms with Crippen LogP contribution in [0, 0.1) is 0 Å². The maximum absolute atomic E-state index is 2.18. The average molecular weight is 310 g/mol. The Labute approximate surface area is 108 Å². The number of rotatable bonds is 3. The van der Waals surface area contributed by atoms with Gasteiger partial charge < -0.3 is 0 Å². The second-order valence-corrected chi connectivity index (χ2v) is 3.47. The summed E-state index contributed by atoms with van der Waals surface area (Å²) in [4.78, 5) is 0. The Kier molecular flexibility index (Phi) is 5.40. The van der Waals surface area contributed by atoms with E-state index in [-0.39, 0.29) is 24.0 Å². The fourth-order valence-corrected chi connectivity index (χ4v) is 1.58. The van der Waals surface area contributed by atoms with Gasteiger partial charge in [0, 0.05) is 0 Å². The van der Waals surface area contributed by atoms with Crippen molar-refractivity contribution < 1.29 is 0 Å². The first-order valence-electron chi connectivity index (χ1n) is 5.03. The lowest BCUT2D eigenvalue weighted by Crippen LogP contribution is -1.89. The smallest absolute Gasteiger partial charge is 0.0238 e. The fraction of sp³-hybridized carbons (Fsp3) is 0.143. The summed E-state index contributed by atoms with van der Waals surface area (Å²) in [6.45, 7) is 0. The van der Waals surface area contributed by atoms with Crippen molar-refractivity contribution in [3.05, 3.63) is 71.8 Å². The van der Waals surface area contributed by atoms with E-state index in [4.69, 9.17) is 0 Å². The third kappa shape index (κ3) is 4.04. The minimum absolute atomic E-state index is 0. The van der Waals surface area contributed by atoms with Gasteiger partial charge in [0.1, 0.15) is 0 Å². The Morgan fingerprint density at radius 2 is 0.867 bits per heavy atom. The first kappa shape index (κ1) is 12.2.